The van der Waals surface area contributed by atoms with Gasteiger partial charge in [-0.3, -0.25) is 0 Å². The molecule has 0 atom stereocenters. The minimum absolute atomic E-state index is 1.22. The van der Waals surface area contributed by atoms with Crippen LogP contribution in [0.1, 0.15) is 31.7 Å². The van der Waals surface area contributed by atoms with Crippen LogP contribution in [0.3, 0.4) is 0 Å². The fourth-order valence-corrected chi connectivity index (χ4v) is 2.08. The van der Waals surface area contributed by atoms with E-state index < -0.39 is 0 Å². The Bertz CT molecular complexity index is 466. The van der Waals surface area contributed by atoms with Crippen LogP contribution >= 0.6 is 0 Å². The van der Waals surface area contributed by atoms with Crippen LogP contribution in [0.4, 0.5) is 0 Å². The van der Waals surface area contributed by atoms with Crippen molar-refractivity contribution in [2.24, 2.45) is 0 Å². The number of benzene rings is 2. The Balaban J connectivity index is 0.000000686. The highest BCUT2D eigenvalue weighted by molar-refractivity contribution is 5.85. The largest absolute Gasteiger partial charge is 0.202 e. The van der Waals surface area contributed by atoms with Crippen LogP contribution < -0.4 is 0 Å². The van der Waals surface area contributed by atoms with Gasteiger partial charge in [0.05, 0.1) is 0 Å². The molecule has 0 fully saturated rings. The predicted octanol–water partition coefficient (Wildman–Crippen LogP) is 4.71. The van der Waals surface area contributed by atoms with Crippen LogP contribution in [-0.2, 0) is 6.42 Å². The third-order valence-electron chi connectivity index (χ3n) is 2.93. The molecule has 2 aromatic carbocycles. The standard InChI is InChI=1S/C15H18.CHN/c1-2-3-4-8-13-10-7-11-14-9-5-6-12-15(13)14;1-2/h5-7,9-12H,2-4,8H2,1H3;1H. The Labute approximate surface area is 104 Å². The SMILES string of the molecule is C#N.CCCCCc1cccc2ccccc12. The molecule has 0 aliphatic heterocycles. The van der Waals surface area contributed by atoms with Crippen molar-refractivity contribution in [2.75, 3.05) is 0 Å². The summed E-state index contributed by atoms with van der Waals surface area (Å²) in [5, 5.41) is 9.29. The molecule has 0 spiro atoms. The first-order valence-electron chi connectivity index (χ1n) is 6.14. The Morgan fingerprint density at radius 3 is 2.41 bits per heavy atom. The van der Waals surface area contributed by atoms with Crippen LogP contribution in [0, 0.1) is 11.8 Å². The molecule has 0 unspecified atom stereocenters. The molecule has 0 N–H and O–H groups in total. The average molecular weight is 225 g/mol. The molecular weight excluding hydrogens is 206 g/mol. The average Bonchev–Trinajstić information content (AvgIpc) is 2.42. The number of aryl methyl sites for hydroxylation is 1. The molecule has 0 aromatic heterocycles. The molecule has 1 nitrogen and oxygen atoms in total. The minimum atomic E-state index is 1.22. The van der Waals surface area contributed by atoms with E-state index in [2.05, 4.69) is 56.0 Å². The van der Waals surface area contributed by atoms with Crippen molar-refractivity contribution in [2.45, 2.75) is 32.6 Å². The van der Waals surface area contributed by atoms with Crippen LogP contribution in [0.2, 0.25) is 0 Å². The fourth-order valence-electron chi connectivity index (χ4n) is 2.08. The molecule has 0 saturated heterocycles. The van der Waals surface area contributed by atoms with E-state index in [1.54, 1.807) is 0 Å². The molecule has 2 rings (SSSR count). The Morgan fingerprint density at radius 1 is 0.941 bits per heavy atom. The Hall–Kier alpha value is -1.81. The topological polar surface area (TPSA) is 23.8 Å². The smallest absolute Gasteiger partial charge is 0.0462 e. The van der Waals surface area contributed by atoms with E-state index in [9.17, 15) is 0 Å². The van der Waals surface area contributed by atoms with E-state index in [1.807, 2.05) is 0 Å². The van der Waals surface area contributed by atoms with Gasteiger partial charge in [-0.05, 0) is 29.2 Å². The third-order valence-corrected chi connectivity index (χ3v) is 2.93. The quantitative estimate of drug-likeness (QED) is 0.691. The summed E-state index contributed by atoms with van der Waals surface area (Å²) in [6.45, 7) is 5.75. The van der Waals surface area contributed by atoms with Crippen molar-refractivity contribution < 1.29 is 0 Å². The number of unbranched alkanes of at least 4 members (excludes halogenated alkanes) is 2. The van der Waals surface area contributed by atoms with Gasteiger partial charge in [0.1, 0.15) is 0 Å². The molecule has 0 heterocycles. The minimum Gasteiger partial charge on any atom is -0.202 e. The first-order valence-corrected chi connectivity index (χ1v) is 6.14. The van der Waals surface area contributed by atoms with E-state index in [4.69, 9.17) is 5.26 Å². The van der Waals surface area contributed by atoms with Gasteiger partial charge in [0.15, 0.2) is 0 Å². The number of fused-ring (bicyclic) bond motifs is 1. The maximum Gasteiger partial charge on any atom is 0.0462 e. The first-order chi connectivity index (χ1) is 8.42. The monoisotopic (exact) mass is 225 g/mol. The van der Waals surface area contributed by atoms with Crippen molar-refractivity contribution in [3.05, 3.63) is 48.0 Å². The van der Waals surface area contributed by atoms with Crippen LogP contribution in [0.5, 0.6) is 0 Å². The summed E-state index contributed by atoms with van der Waals surface area (Å²) >= 11 is 0. The summed E-state index contributed by atoms with van der Waals surface area (Å²) in [5.74, 6) is 0. The van der Waals surface area contributed by atoms with Gasteiger partial charge in [0.25, 0.3) is 0 Å². The van der Waals surface area contributed by atoms with Crippen molar-refractivity contribution in [3.8, 4) is 6.57 Å². The second kappa shape index (κ2) is 7.46. The lowest BCUT2D eigenvalue weighted by Crippen LogP contribution is -1.87. The summed E-state index contributed by atoms with van der Waals surface area (Å²) in [6, 6.07) is 15.3. The predicted molar refractivity (Wildman–Crippen MR) is 73.8 cm³/mol. The van der Waals surface area contributed by atoms with E-state index in [0.29, 0.717) is 0 Å². The fraction of sp³-hybridized carbons (Fsp3) is 0.312. The molecule has 0 bridgehead atoms. The van der Waals surface area contributed by atoms with E-state index in [-0.39, 0.29) is 0 Å². The van der Waals surface area contributed by atoms with E-state index >= 15 is 0 Å². The first kappa shape index (κ1) is 13.3. The van der Waals surface area contributed by atoms with Gasteiger partial charge >= 0.3 is 0 Å². The van der Waals surface area contributed by atoms with Crippen LogP contribution in [0.15, 0.2) is 42.5 Å². The summed E-state index contributed by atoms with van der Waals surface area (Å²) < 4.78 is 0. The second-order valence-electron chi connectivity index (χ2n) is 4.10. The van der Waals surface area contributed by atoms with Gasteiger partial charge in [0.2, 0.25) is 0 Å². The van der Waals surface area contributed by atoms with Gasteiger partial charge in [0, 0.05) is 6.57 Å². The summed E-state index contributed by atoms with van der Waals surface area (Å²) in [7, 11) is 0. The number of rotatable bonds is 4. The lowest BCUT2D eigenvalue weighted by molar-refractivity contribution is 0.719. The number of hydrogen-bond donors (Lipinski definition) is 0. The van der Waals surface area contributed by atoms with Crippen molar-refractivity contribution in [1.29, 1.82) is 5.26 Å². The van der Waals surface area contributed by atoms with Gasteiger partial charge in [-0.25, -0.2) is 5.26 Å². The molecule has 1 heteroatoms. The van der Waals surface area contributed by atoms with Crippen molar-refractivity contribution >= 4 is 10.8 Å². The highest BCUT2D eigenvalue weighted by Gasteiger charge is 1.98. The zero-order valence-electron chi connectivity index (χ0n) is 10.4. The lowest BCUT2D eigenvalue weighted by Gasteiger charge is -2.05. The molecule has 2 aromatic rings. The van der Waals surface area contributed by atoms with Crippen LogP contribution in [0.25, 0.3) is 10.8 Å². The number of nitriles is 1. The highest BCUT2D eigenvalue weighted by Crippen LogP contribution is 2.20. The zero-order valence-corrected chi connectivity index (χ0v) is 10.4. The van der Waals surface area contributed by atoms with Gasteiger partial charge in [-0.1, -0.05) is 62.2 Å². The number of hydrogen-bond acceptors (Lipinski definition) is 1. The molecule has 0 saturated carbocycles. The van der Waals surface area contributed by atoms with Crippen molar-refractivity contribution in [1.82, 2.24) is 0 Å². The second-order valence-corrected chi connectivity index (χ2v) is 4.10. The maximum atomic E-state index is 6.50. The zero-order chi connectivity index (χ0) is 12.5. The summed E-state index contributed by atoms with van der Waals surface area (Å²) in [6.07, 6.45) is 5.16. The number of nitrogens with zero attached hydrogens (tertiary/aromatic N) is 1. The lowest BCUT2D eigenvalue weighted by atomic mass is 10.00. The molecule has 0 aliphatic carbocycles. The molecule has 0 radical (unpaired) electrons. The Kier molecular flexibility index (Phi) is 5.82. The summed E-state index contributed by atoms with van der Waals surface area (Å²) in [5.41, 5.74) is 1.50. The molecule has 0 aliphatic rings. The van der Waals surface area contributed by atoms with Crippen LogP contribution in [-0.4, -0.2) is 0 Å². The highest BCUT2D eigenvalue weighted by atomic mass is 14.2. The molecule has 17 heavy (non-hydrogen) atoms. The Morgan fingerprint density at radius 2 is 1.65 bits per heavy atom. The molecule has 88 valence electrons. The maximum absolute atomic E-state index is 6.50. The molecule has 0 amide bonds. The van der Waals surface area contributed by atoms with Gasteiger partial charge in [-0.15, -0.1) is 0 Å². The van der Waals surface area contributed by atoms with Crippen molar-refractivity contribution in [3.63, 3.8) is 0 Å². The third kappa shape index (κ3) is 3.60. The van der Waals surface area contributed by atoms with E-state index in [0.717, 1.165) is 0 Å². The summed E-state index contributed by atoms with van der Waals surface area (Å²) in [4.78, 5) is 0. The van der Waals surface area contributed by atoms with E-state index in [1.165, 1.54) is 42.0 Å². The van der Waals surface area contributed by atoms with Gasteiger partial charge < -0.3 is 0 Å². The van der Waals surface area contributed by atoms with Gasteiger partial charge in [-0.2, -0.15) is 0 Å². The normalized spacial score (nSPS) is 9.59. The molecular formula is C16H19N.